The van der Waals surface area contributed by atoms with E-state index in [1.807, 2.05) is 46.8 Å². The zero-order valence-corrected chi connectivity index (χ0v) is 16.6. The molecule has 0 aromatic rings. The maximum Gasteiger partial charge on any atom is 0.175 e. The van der Waals surface area contributed by atoms with Gasteiger partial charge in [0.25, 0.3) is 0 Å². The summed E-state index contributed by atoms with van der Waals surface area (Å²) >= 11 is 0. The third-order valence-electron chi connectivity index (χ3n) is 3.84. The molecule has 1 heterocycles. The monoisotopic (exact) mass is 346 g/mol. The van der Waals surface area contributed by atoms with E-state index in [4.69, 9.17) is 18.9 Å². The number of hydrogen-bond donors (Lipinski definition) is 1. The molecule has 0 bridgehead atoms. The van der Waals surface area contributed by atoms with Crippen LogP contribution in [-0.4, -0.2) is 69.1 Å². The van der Waals surface area contributed by atoms with Crippen molar-refractivity contribution in [3.05, 3.63) is 0 Å². The summed E-state index contributed by atoms with van der Waals surface area (Å²) in [5.74, 6) is 0. The van der Waals surface area contributed by atoms with Gasteiger partial charge in [-0.25, -0.2) is 5.43 Å². The van der Waals surface area contributed by atoms with Crippen LogP contribution < -0.4 is 5.43 Å². The summed E-state index contributed by atoms with van der Waals surface area (Å²) < 4.78 is 23.9. The van der Waals surface area contributed by atoms with E-state index in [1.165, 1.54) is 0 Å². The highest BCUT2D eigenvalue weighted by molar-refractivity contribution is 4.83. The topological polar surface area (TPSA) is 52.2 Å². The molecule has 6 nitrogen and oxygen atoms in total. The van der Waals surface area contributed by atoms with E-state index in [0.717, 1.165) is 19.3 Å². The largest absolute Gasteiger partial charge is 0.376 e. The van der Waals surface area contributed by atoms with Crippen LogP contribution in [0.2, 0.25) is 0 Å². The maximum atomic E-state index is 6.20. The van der Waals surface area contributed by atoms with E-state index in [1.54, 1.807) is 0 Å². The molecule has 0 aromatic carbocycles. The second-order valence-corrected chi connectivity index (χ2v) is 7.25. The van der Waals surface area contributed by atoms with Crippen molar-refractivity contribution in [1.82, 2.24) is 10.4 Å². The highest BCUT2D eigenvalue weighted by Crippen LogP contribution is 2.25. The second-order valence-electron chi connectivity index (χ2n) is 7.25. The Morgan fingerprint density at radius 3 is 1.83 bits per heavy atom. The lowest BCUT2D eigenvalue weighted by molar-refractivity contribution is -0.114. The molecular weight excluding hydrogens is 308 g/mol. The van der Waals surface area contributed by atoms with Gasteiger partial charge in [0, 0.05) is 14.1 Å². The summed E-state index contributed by atoms with van der Waals surface area (Å²) in [6.07, 6.45) is 3.18. The first-order chi connectivity index (χ1) is 11.3. The fraction of sp³-hybridized carbons (Fsp3) is 1.00. The quantitative estimate of drug-likeness (QED) is 0.548. The van der Waals surface area contributed by atoms with Crippen LogP contribution in [0.1, 0.15) is 53.9 Å². The molecule has 0 spiro atoms. The van der Waals surface area contributed by atoms with E-state index in [9.17, 15) is 0 Å². The van der Waals surface area contributed by atoms with Gasteiger partial charge in [0.2, 0.25) is 0 Å². The van der Waals surface area contributed by atoms with Gasteiger partial charge in [-0.1, -0.05) is 19.8 Å². The van der Waals surface area contributed by atoms with Crippen LogP contribution in [0.25, 0.3) is 0 Å². The second kappa shape index (κ2) is 11.4. The summed E-state index contributed by atoms with van der Waals surface area (Å²) in [7, 11) is 3.99. The fourth-order valence-electron chi connectivity index (χ4n) is 2.63. The van der Waals surface area contributed by atoms with Crippen LogP contribution in [0, 0.1) is 0 Å². The number of rotatable bonds is 12. The minimum Gasteiger partial charge on any atom is -0.376 e. The molecule has 3 atom stereocenters. The Hall–Kier alpha value is -0.240. The third kappa shape index (κ3) is 8.23. The van der Waals surface area contributed by atoms with Crippen molar-refractivity contribution in [3.63, 3.8) is 0 Å². The maximum absolute atomic E-state index is 6.20. The number of nitrogens with zero attached hydrogens (tertiary/aromatic N) is 1. The molecule has 1 N–H and O–H groups in total. The zero-order valence-electron chi connectivity index (χ0n) is 16.6. The Kier molecular flexibility index (Phi) is 10.3. The molecule has 1 aliphatic rings. The number of nitrogens with one attached hydrogen (secondary N) is 1. The van der Waals surface area contributed by atoms with Gasteiger partial charge in [0.05, 0.1) is 31.5 Å². The lowest BCUT2D eigenvalue weighted by Crippen LogP contribution is -2.47. The molecule has 1 rings (SSSR count). The SMILES string of the molecule is CCCC[C@H](NN(C)C)C1O[C@@H](COC(C)C)[C@H](COC(C)C)O1. The van der Waals surface area contributed by atoms with E-state index in [2.05, 4.69) is 12.3 Å². The average molecular weight is 347 g/mol. The molecule has 24 heavy (non-hydrogen) atoms. The van der Waals surface area contributed by atoms with Crippen LogP contribution in [-0.2, 0) is 18.9 Å². The molecule has 1 saturated heterocycles. The normalized spacial score (nSPS) is 23.8. The Morgan fingerprint density at radius 1 is 0.958 bits per heavy atom. The number of hydrazine groups is 1. The molecule has 0 saturated carbocycles. The molecule has 0 unspecified atom stereocenters. The Bertz CT molecular complexity index is 306. The number of hydrogen-bond acceptors (Lipinski definition) is 6. The molecule has 1 fully saturated rings. The van der Waals surface area contributed by atoms with Crippen molar-refractivity contribution >= 4 is 0 Å². The van der Waals surface area contributed by atoms with E-state index in [0.29, 0.717) is 13.2 Å². The Balaban J connectivity index is 2.68. The van der Waals surface area contributed by atoms with Crippen molar-refractivity contribution in [2.24, 2.45) is 0 Å². The molecule has 0 amide bonds. The van der Waals surface area contributed by atoms with Crippen molar-refractivity contribution < 1.29 is 18.9 Å². The van der Waals surface area contributed by atoms with Crippen molar-refractivity contribution in [3.8, 4) is 0 Å². The van der Waals surface area contributed by atoms with Gasteiger partial charge in [-0.15, -0.1) is 0 Å². The average Bonchev–Trinajstić information content (AvgIpc) is 2.90. The number of unbranched alkanes of at least 4 members (excludes halogenated alkanes) is 1. The standard InChI is InChI=1S/C18H38N2O4/c1-8-9-10-15(19-20(6)7)18-23-16(11-21-13(2)3)17(24-18)12-22-14(4)5/h13-19H,8-12H2,1-7H3/t15-,16-,17-/m0/s1. The highest BCUT2D eigenvalue weighted by atomic mass is 16.7. The van der Waals surface area contributed by atoms with Gasteiger partial charge in [-0.2, -0.15) is 0 Å². The molecule has 0 aliphatic carbocycles. The molecule has 6 heteroatoms. The number of ether oxygens (including phenoxy) is 4. The minimum atomic E-state index is -0.277. The van der Waals surface area contributed by atoms with E-state index < -0.39 is 0 Å². The summed E-state index contributed by atoms with van der Waals surface area (Å²) in [4.78, 5) is 0. The molecular formula is C18H38N2O4. The van der Waals surface area contributed by atoms with Crippen LogP contribution >= 0.6 is 0 Å². The first-order valence-corrected chi connectivity index (χ1v) is 9.31. The highest BCUT2D eigenvalue weighted by Gasteiger charge is 2.40. The minimum absolute atomic E-state index is 0.0933. The van der Waals surface area contributed by atoms with Crippen molar-refractivity contribution in [2.75, 3.05) is 27.3 Å². The van der Waals surface area contributed by atoms with Gasteiger partial charge < -0.3 is 18.9 Å². The van der Waals surface area contributed by atoms with Gasteiger partial charge in [0.1, 0.15) is 12.2 Å². The van der Waals surface area contributed by atoms with Gasteiger partial charge >= 0.3 is 0 Å². The summed E-state index contributed by atoms with van der Waals surface area (Å²) in [6.45, 7) is 11.4. The predicted molar refractivity (Wildman–Crippen MR) is 95.8 cm³/mol. The van der Waals surface area contributed by atoms with Crippen molar-refractivity contribution in [1.29, 1.82) is 0 Å². The van der Waals surface area contributed by atoms with E-state index >= 15 is 0 Å². The Morgan fingerprint density at radius 2 is 1.46 bits per heavy atom. The summed E-state index contributed by atoms with van der Waals surface area (Å²) in [5, 5.41) is 1.96. The molecule has 144 valence electrons. The van der Waals surface area contributed by atoms with Crippen LogP contribution in [0.3, 0.4) is 0 Å². The van der Waals surface area contributed by atoms with Crippen LogP contribution in [0.4, 0.5) is 0 Å². The zero-order chi connectivity index (χ0) is 18.1. The smallest absolute Gasteiger partial charge is 0.175 e. The fourth-order valence-corrected chi connectivity index (χ4v) is 2.63. The lowest BCUT2D eigenvalue weighted by atomic mass is 10.1. The first kappa shape index (κ1) is 21.8. The summed E-state index contributed by atoms with van der Waals surface area (Å²) in [5.41, 5.74) is 3.43. The lowest BCUT2D eigenvalue weighted by Gasteiger charge is -2.27. The van der Waals surface area contributed by atoms with Gasteiger partial charge in [-0.3, -0.25) is 5.01 Å². The molecule has 0 aromatic heterocycles. The molecule has 0 radical (unpaired) electrons. The van der Waals surface area contributed by atoms with Crippen LogP contribution in [0.5, 0.6) is 0 Å². The molecule has 1 aliphatic heterocycles. The van der Waals surface area contributed by atoms with E-state index in [-0.39, 0.29) is 36.7 Å². The van der Waals surface area contributed by atoms with Crippen molar-refractivity contribution in [2.45, 2.75) is 90.6 Å². The van der Waals surface area contributed by atoms with Crippen LogP contribution in [0.15, 0.2) is 0 Å². The predicted octanol–water partition coefficient (Wildman–Crippen LogP) is 2.57. The third-order valence-corrected chi connectivity index (χ3v) is 3.84. The van der Waals surface area contributed by atoms with Gasteiger partial charge in [-0.05, 0) is 34.1 Å². The summed E-state index contributed by atoms with van der Waals surface area (Å²) in [6, 6.07) is 0.130. The Labute approximate surface area is 148 Å². The first-order valence-electron chi connectivity index (χ1n) is 9.31. The van der Waals surface area contributed by atoms with Gasteiger partial charge in [0.15, 0.2) is 6.29 Å².